The number of likely N-dealkylation sites (N-methyl/N-ethyl adjacent to an activating group) is 1. The summed E-state index contributed by atoms with van der Waals surface area (Å²) in [5.74, 6) is -0.336. The number of nitrogens with zero attached hydrogens (tertiary/aromatic N) is 1. The second-order valence-corrected chi connectivity index (χ2v) is 21.0. The van der Waals surface area contributed by atoms with Gasteiger partial charge in [-0.1, -0.05) is 217 Å². The van der Waals surface area contributed by atoms with Crippen LogP contribution in [0.3, 0.4) is 0 Å². The van der Waals surface area contributed by atoms with E-state index in [0.29, 0.717) is 24.1 Å². The molecule has 0 heterocycles. The van der Waals surface area contributed by atoms with Gasteiger partial charge in [0.05, 0.1) is 34.4 Å². The Balaban J connectivity index is 4.22. The molecule has 0 amide bonds. The van der Waals surface area contributed by atoms with Gasteiger partial charge < -0.3 is 18.9 Å². The Hall–Kier alpha value is -3.62. The first-order chi connectivity index (χ1) is 35.6. The number of quaternary nitrogens is 1. The quantitative estimate of drug-likeness (QED) is 0.0213. The molecular weight excluding hydrogens is 926 g/mol. The predicted octanol–water partition coefficient (Wildman–Crippen LogP) is 18.4. The minimum absolute atomic E-state index is 0.0727. The highest BCUT2D eigenvalue weighted by atomic mass is 31.2. The van der Waals surface area contributed by atoms with Gasteiger partial charge in [-0.05, 0) is 116 Å². The van der Waals surface area contributed by atoms with Crippen LogP contribution in [-0.2, 0) is 27.9 Å². The zero-order chi connectivity index (χ0) is 53.3. The molecule has 0 radical (unpaired) electrons. The van der Waals surface area contributed by atoms with Gasteiger partial charge in [0.1, 0.15) is 19.3 Å². The van der Waals surface area contributed by atoms with Crippen molar-refractivity contribution < 1.29 is 37.3 Å². The Morgan fingerprint density at radius 1 is 0.425 bits per heavy atom. The summed E-state index contributed by atoms with van der Waals surface area (Å²) in [5.41, 5.74) is 0. The monoisotopic (exact) mass is 1030 g/mol. The maximum absolute atomic E-state index is 12.8. The Kier molecular flexibility index (Phi) is 51.9. The van der Waals surface area contributed by atoms with Gasteiger partial charge in [0, 0.05) is 13.0 Å². The van der Waals surface area contributed by atoms with Crippen LogP contribution in [0, 0.1) is 0 Å². The van der Waals surface area contributed by atoms with Gasteiger partial charge >= 0.3 is 13.8 Å². The van der Waals surface area contributed by atoms with Crippen LogP contribution in [0.1, 0.15) is 194 Å². The molecular formula is C64H107NO7P+. The molecule has 414 valence electrons. The number of ether oxygens (including phenoxy) is 2. The number of esters is 1. The molecule has 0 fully saturated rings. The van der Waals surface area contributed by atoms with E-state index in [4.69, 9.17) is 18.5 Å². The number of allylic oxidation sites excluding steroid dienone is 24. The van der Waals surface area contributed by atoms with Gasteiger partial charge in [0.15, 0.2) is 0 Å². The number of unbranched alkanes of at least 4 members (excludes halogenated alkanes) is 13. The second kappa shape index (κ2) is 54.6. The number of phosphoric ester groups is 1. The van der Waals surface area contributed by atoms with Gasteiger partial charge in [-0.2, -0.15) is 0 Å². The highest BCUT2D eigenvalue weighted by Gasteiger charge is 2.26. The highest BCUT2D eigenvalue weighted by molar-refractivity contribution is 7.47. The topological polar surface area (TPSA) is 91.3 Å². The number of phosphoric acid groups is 1. The molecule has 2 atom stereocenters. The number of hydrogen-bond donors (Lipinski definition) is 1. The molecule has 0 aliphatic carbocycles. The highest BCUT2D eigenvalue weighted by Crippen LogP contribution is 2.43. The maximum atomic E-state index is 12.8. The first kappa shape index (κ1) is 69.4. The third kappa shape index (κ3) is 59.1. The van der Waals surface area contributed by atoms with E-state index >= 15 is 0 Å². The molecule has 73 heavy (non-hydrogen) atoms. The van der Waals surface area contributed by atoms with Crippen LogP contribution in [0.2, 0.25) is 0 Å². The molecule has 0 aromatic carbocycles. The fourth-order valence-corrected chi connectivity index (χ4v) is 7.83. The SMILES string of the molecule is CC/C=C\C/C=C\C/C=C\C/C=C\C/C=C\C/C=C\C/C=C\CCCCCCOCC(COP(=O)(O)OCC[N+](C)(C)C)OC(=O)CCCCCCCCCCC/C=C\C/C=C\C/C=C\C/C=C\C/C=C\CC. The number of carbonyl (C=O) groups is 1. The molecule has 0 aliphatic rings. The van der Waals surface area contributed by atoms with Crippen molar-refractivity contribution in [2.75, 3.05) is 54.1 Å². The molecule has 0 aliphatic heterocycles. The van der Waals surface area contributed by atoms with Crippen LogP contribution < -0.4 is 0 Å². The van der Waals surface area contributed by atoms with E-state index in [-0.39, 0.29) is 25.8 Å². The van der Waals surface area contributed by atoms with Crippen molar-refractivity contribution in [1.29, 1.82) is 0 Å². The fraction of sp³-hybridized carbons (Fsp3) is 0.609. The molecule has 8 nitrogen and oxygen atoms in total. The molecule has 0 bridgehead atoms. The minimum Gasteiger partial charge on any atom is -0.457 e. The van der Waals surface area contributed by atoms with E-state index < -0.39 is 13.9 Å². The summed E-state index contributed by atoms with van der Waals surface area (Å²) in [6.07, 6.45) is 81.9. The lowest BCUT2D eigenvalue weighted by molar-refractivity contribution is -0.870. The molecule has 0 saturated carbocycles. The zero-order valence-electron chi connectivity index (χ0n) is 47.1. The zero-order valence-corrected chi connectivity index (χ0v) is 48.0. The smallest absolute Gasteiger partial charge is 0.457 e. The molecule has 1 N–H and O–H groups in total. The van der Waals surface area contributed by atoms with Gasteiger partial charge in [0.2, 0.25) is 0 Å². The largest absolute Gasteiger partial charge is 0.472 e. The molecule has 0 aromatic heterocycles. The summed E-state index contributed by atoms with van der Waals surface area (Å²) in [4.78, 5) is 23.1. The van der Waals surface area contributed by atoms with Crippen molar-refractivity contribution in [2.45, 2.75) is 200 Å². The summed E-state index contributed by atoms with van der Waals surface area (Å²) >= 11 is 0. The number of hydrogen-bond acceptors (Lipinski definition) is 6. The van der Waals surface area contributed by atoms with Crippen LogP contribution in [0.4, 0.5) is 0 Å². The molecule has 9 heteroatoms. The maximum Gasteiger partial charge on any atom is 0.472 e. The van der Waals surface area contributed by atoms with E-state index in [1.165, 1.54) is 38.5 Å². The summed E-state index contributed by atoms with van der Waals surface area (Å²) in [7, 11) is 1.62. The average Bonchev–Trinajstić information content (AvgIpc) is 3.35. The van der Waals surface area contributed by atoms with Gasteiger partial charge in [-0.3, -0.25) is 13.8 Å². The summed E-state index contributed by atoms with van der Waals surface area (Å²) in [5, 5.41) is 0. The van der Waals surface area contributed by atoms with Crippen molar-refractivity contribution in [3.63, 3.8) is 0 Å². The summed E-state index contributed by atoms with van der Waals surface area (Å²) in [6.45, 7) is 5.29. The summed E-state index contributed by atoms with van der Waals surface area (Å²) in [6, 6.07) is 0. The average molecular weight is 1030 g/mol. The first-order valence-electron chi connectivity index (χ1n) is 28.6. The third-order valence-corrected chi connectivity index (χ3v) is 12.4. The second-order valence-electron chi connectivity index (χ2n) is 19.6. The Bertz CT molecular complexity index is 1670. The van der Waals surface area contributed by atoms with Gasteiger partial charge in [-0.25, -0.2) is 4.57 Å². The summed E-state index contributed by atoms with van der Waals surface area (Å²) < 4.78 is 35.2. The van der Waals surface area contributed by atoms with Crippen LogP contribution in [0.15, 0.2) is 146 Å². The van der Waals surface area contributed by atoms with E-state index in [2.05, 4.69) is 160 Å². The lowest BCUT2D eigenvalue weighted by Crippen LogP contribution is -2.37. The molecule has 2 unspecified atom stereocenters. The van der Waals surface area contributed by atoms with E-state index in [1.54, 1.807) is 0 Å². The number of carbonyl (C=O) groups excluding carboxylic acids is 1. The van der Waals surface area contributed by atoms with Crippen molar-refractivity contribution in [3.8, 4) is 0 Å². The van der Waals surface area contributed by atoms with Gasteiger partial charge in [-0.15, -0.1) is 0 Å². The Morgan fingerprint density at radius 3 is 1.12 bits per heavy atom. The van der Waals surface area contributed by atoms with Crippen molar-refractivity contribution in [2.24, 2.45) is 0 Å². The van der Waals surface area contributed by atoms with Crippen LogP contribution in [0.5, 0.6) is 0 Å². The first-order valence-corrected chi connectivity index (χ1v) is 30.1. The van der Waals surface area contributed by atoms with Crippen LogP contribution in [-0.4, -0.2) is 75.6 Å². The van der Waals surface area contributed by atoms with Crippen LogP contribution in [0.25, 0.3) is 0 Å². The van der Waals surface area contributed by atoms with Crippen LogP contribution >= 0.6 is 7.82 Å². The van der Waals surface area contributed by atoms with E-state index in [9.17, 15) is 14.3 Å². The van der Waals surface area contributed by atoms with Crippen molar-refractivity contribution >= 4 is 13.8 Å². The van der Waals surface area contributed by atoms with Crippen molar-refractivity contribution in [1.82, 2.24) is 0 Å². The molecule has 0 rings (SSSR count). The molecule has 0 aromatic rings. The molecule has 0 spiro atoms. The predicted molar refractivity (Wildman–Crippen MR) is 316 cm³/mol. The van der Waals surface area contributed by atoms with Gasteiger partial charge in [0.25, 0.3) is 0 Å². The Morgan fingerprint density at radius 2 is 0.753 bits per heavy atom. The molecule has 0 saturated heterocycles. The lowest BCUT2D eigenvalue weighted by Gasteiger charge is -2.24. The van der Waals surface area contributed by atoms with E-state index in [1.807, 2.05) is 21.1 Å². The standard InChI is InChI=1S/C64H106NO7P/c1-6-8-10-12-14-16-18-20-22-24-26-28-30-32-34-36-38-40-42-44-46-48-50-52-54-56-59-69-61-63(62-71-73(67,68)70-60-58-65(3,4)5)72-64(66)57-55-53-51-49-47-45-43-41-39-37-35-33-31-29-27-25-23-21-19-17-15-13-11-9-7-2/h8-11,14-17,20-23,26-29,32-35,38,40,44,46,63H,6-7,12-13,18-19,24-25,30-31,36-37,39,41-43,45,47-62H2,1-5H3/p+1/b10-8-,11-9-,16-14-,17-15-,22-20-,23-21-,28-26-,29-27-,34-32-,35-33-,40-38-,46-44-. The van der Waals surface area contributed by atoms with Crippen molar-refractivity contribution in [3.05, 3.63) is 146 Å². The Labute approximate surface area is 448 Å². The fourth-order valence-electron chi connectivity index (χ4n) is 7.09. The number of rotatable bonds is 51. The minimum atomic E-state index is -4.31. The normalized spacial score (nSPS) is 14.5. The van der Waals surface area contributed by atoms with E-state index in [0.717, 1.165) is 135 Å². The third-order valence-electron chi connectivity index (χ3n) is 11.4. The lowest BCUT2D eigenvalue weighted by atomic mass is 10.1.